The van der Waals surface area contributed by atoms with E-state index < -0.39 is 5.82 Å². The summed E-state index contributed by atoms with van der Waals surface area (Å²) in [5, 5.41) is 15.7. The number of carbonyl (C=O) groups excluding carboxylic acids is 1. The molecule has 0 fully saturated rings. The Bertz CT molecular complexity index is 1170. The zero-order chi connectivity index (χ0) is 20.4. The van der Waals surface area contributed by atoms with E-state index in [1.54, 1.807) is 31.5 Å². The normalized spacial score (nSPS) is 10.9. The van der Waals surface area contributed by atoms with Crippen molar-refractivity contribution in [2.24, 2.45) is 7.05 Å². The minimum atomic E-state index is -0.401. The first-order valence-corrected chi connectivity index (χ1v) is 9.57. The Kier molecular flexibility index (Phi) is 5.13. The van der Waals surface area contributed by atoms with Crippen LogP contribution in [0.5, 0.6) is 0 Å². The summed E-state index contributed by atoms with van der Waals surface area (Å²) in [4.78, 5) is 13.6. The number of nitrogens with zero attached hydrogens (tertiary/aromatic N) is 5. The average Bonchev–Trinajstić information content (AvgIpc) is 3.29. The maximum Gasteiger partial charge on any atom is 0.259 e. The molecule has 0 aliphatic carbocycles. The number of rotatable bonds is 5. The van der Waals surface area contributed by atoms with Gasteiger partial charge in [-0.3, -0.25) is 4.79 Å². The van der Waals surface area contributed by atoms with Crippen molar-refractivity contribution in [2.75, 3.05) is 5.32 Å². The highest BCUT2D eigenvalue weighted by Crippen LogP contribution is 2.26. The van der Waals surface area contributed by atoms with E-state index >= 15 is 0 Å². The Hall–Kier alpha value is -3.46. The van der Waals surface area contributed by atoms with Crippen LogP contribution < -0.4 is 5.32 Å². The molecule has 2 aromatic heterocycles. The number of carbonyl (C=O) groups is 1. The number of hydrogen-bond donors (Lipinski definition) is 1. The summed E-state index contributed by atoms with van der Waals surface area (Å²) in [6.45, 7) is 1.73. The van der Waals surface area contributed by atoms with Crippen LogP contribution in [0.25, 0.3) is 5.69 Å². The van der Waals surface area contributed by atoms with Crippen molar-refractivity contribution < 1.29 is 9.18 Å². The van der Waals surface area contributed by atoms with E-state index in [0.717, 1.165) is 10.1 Å². The molecule has 146 valence electrons. The molecule has 0 aliphatic rings. The summed E-state index contributed by atoms with van der Waals surface area (Å²) >= 11 is 1.48. The van der Waals surface area contributed by atoms with Crippen LogP contribution in [0.3, 0.4) is 0 Å². The number of hydrogen-bond acceptors (Lipinski definition) is 5. The number of amides is 1. The van der Waals surface area contributed by atoms with Crippen LogP contribution in [0.4, 0.5) is 10.1 Å². The van der Waals surface area contributed by atoms with Gasteiger partial charge < -0.3 is 9.88 Å². The van der Waals surface area contributed by atoms with Gasteiger partial charge in [0.25, 0.3) is 5.91 Å². The van der Waals surface area contributed by atoms with Gasteiger partial charge in [0.1, 0.15) is 17.8 Å². The lowest BCUT2D eigenvalue weighted by Crippen LogP contribution is -2.13. The average molecular weight is 408 g/mol. The predicted molar refractivity (Wildman–Crippen MR) is 108 cm³/mol. The molecule has 0 bridgehead atoms. The van der Waals surface area contributed by atoms with Gasteiger partial charge in [0.2, 0.25) is 0 Å². The molecule has 1 amide bonds. The summed E-state index contributed by atoms with van der Waals surface area (Å²) in [6, 6.07) is 13.7. The Morgan fingerprint density at radius 1 is 1.14 bits per heavy atom. The molecule has 0 atom stereocenters. The molecule has 1 N–H and O–H groups in total. The van der Waals surface area contributed by atoms with E-state index in [4.69, 9.17) is 0 Å². The summed E-state index contributed by atoms with van der Waals surface area (Å²) in [5.74, 6) is -0.708. The summed E-state index contributed by atoms with van der Waals surface area (Å²) in [6.07, 6.45) is 3.08. The maximum absolute atomic E-state index is 14.0. The third-order valence-electron chi connectivity index (χ3n) is 4.33. The molecule has 4 rings (SSSR count). The van der Waals surface area contributed by atoms with Crippen molar-refractivity contribution in [1.29, 1.82) is 0 Å². The largest absolute Gasteiger partial charge is 0.322 e. The Morgan fingerprint density at radius 2 is 1.90 bits per heavy atom. The van der Waals surface area contributed by atoms with Crippen LogP contribution in [-0.4, -0.2) is 30.5 Å². The van der Waals surface area contributed by atoms with E-state index in [0.29, 0.717) is 22.6 Å². The van der Waals surface area contributed by atoms with Gasteiger partial charge in [0, 0.05) is 17.6 Å². The van der Waals surface area contributed by atoms with Crippen molar-refractivity contribution in [3.8, 4) is 5.69 Å². The van der Waals surface area contributed by atoms with Crippen molar-refractivity contribution in [3.05, 3.63) is 78.1 Å². The van der Waals surface area contributed by atoms with Gasteiger partial charge in [0.15, 0.2) is 5.16 Å². The van der Waals surface area contributed by atoms with Gasteiger partial charge in [-0.05, 0) is 55.1 Å². The summed E-state index contributed by atoms with van der Waals surface area (Å²) in [7, 11) is 1.88. The molecule has 7 nitrogen and oxygen atoms in total. The molecule has 0 saturated heterocycles. The fourth-order valence-electron chi connectivity index (χ4n) is 2.77. The molecule has 9 heteroatoms. The third kappa shape index (κ3) is 3.90. The standard InChI is InChI=1S/C20H17FN6OS/c1-13-16(11-23-27(13)18-6-4-3-5-17(18)21)19(28)24-14-7-9-15(10-8-14)29-20-25-22-12-26(20)2/h3-12H,1-2H3,(H,24,28). The fraction of sp³-hybridized carbons (Fsp3) is 0.100. The second kappa shape index (κ2) is 7.88. The lowest BCUT2D eigenvalue weighted by Gasteiger charge is -2.08. The molecule has 0 radical (unpaired) electrons. The van der Waals surface area contributed by atoms with Crippen molar-refractivity contribution in [3.63, 3.8) is 0 Å². The zero-order valence-electron chi connectivity index (χ0n) is 15.7. The van der Waals surface area contributed by atoms with Crippen molar-refractivity contribution in [1.82, 2.24) is 24.5 Å². The van der Waals surface area contributed by atoms with Crippen LogP contribution in [0, 0.1) is 12.7 Å². The minimum absolute atomic E-state index is 0.300. The topological polar surface area (TPSA) is 77.6 Å². The highest BCUT2D eigenvalue weighted by atomic mass is 32.2. The van der Waals surface area contributed by atoms with Crippen LogP contribution in [0.1, 0.15) is 16.1 Å². The number of para-hydroxylation sites is 1. The van der Waals surface area contributed by atoms with Crippen molar-refractivity contribution in [2.45, 2.75) is 17.0 Å². The molecular formula is C20H17FN6OS. The monoisotopic (exact) mass is 408 g/mol. The van der Waals surface area contributed by atoms with Crippen molar-refractivity contribution >= 4 is 23.4 Å². The van der Waals surface area contributed by atoms with E-state index in [1.165, 1.54) is 28.7 Å². The lowest BCUT2D eigenvalue weighted by molar-refractivity contribution is 0.102. The van der Waals surface area contributed by atoms with Gasteiger partial charge in [-0.15, -0.1) is 10.2 Å². The number of anilines is 1. The zero-order valence-corrected chi connectivity index (χ0v) is 16.5. The van der Waals surface area contributed by atoms with Gasteiger partial charge >= 0.3 is 0 Å². The molecule has 0 unspecified atom stereocenters. The second-order valence-electron chi connectivity index (χ2n) is 6.31. The van der Waals surface area contributed by atoms with Gasteiger partial charge in [0.05, 0.1) is 17.5 Å². The Morgan fingerprint density at radius 3 is 2.59 bits per heavy atom. The maximum atomic E-state index is 14.0. The minimum Gasteiger partial charge on any atom is -0.322 e. The fourth-order valence-corrected chi connectivity index (χ4v) is 3.54. The number of aryl methyl sites for hydroxylation is 1. The molecule has 0 saturated carbocycles. The summed E-state index contributed by atoms with van der Waals surface area (Å²) in [5.41, 5.74) is 1.89. The smallest absolute Gasteiger partial charge is 0.259 e. The molecule has 2 heterocycles. The molecule has 2 aromatic carbocycles. The Balaban J connectivity index is 1.49. The second-order valence-corrected chi connectivity index (χ2v) is 7.35. The van der Waals surface area contributed by atoms with Gasteiger partial charge in [-0.25, -0.2) is 9.07 Å². The van der Waals surface area contributed by atoms with E-state index in [9.17, 15) is 9.18 Å². The SMILES string of the molecule is Cc1c(C(=O)Nc2ccc(Sc3nncn3C)cc2)cnn1-c1ccccc1F. The van der Waals surface area contributed by atoms with Gasteiger partial charge in [-0.1, -0.05) is 12.1 Å². The first kappa shape index (κ1) is 18.9. The molecule has 4 aromatic rings. The molecular weight excluding hydrogens is 391 g/mol. The molecule has 29 heavy (non-hydrogen) atoms. The molecule has 0 aliphatic heterocycles. The lowest BCUT2D eigenvalue weighted by atomic mass is 10.2. The number of halogens is 1. The first-order valence-electron chi connectivity index (χ1n) is 8.75. The van der Waals surface area contributed by atoms with E-state index in [-0.39, 0.29) is 5.91 Å². The van der Waals surface area contributed by atoms with E-state index in [2.05, 4.69) is 20.6 Å². The van der Waals surface area contributed by atoms with Crippen LogP contribution in [-0.2, 0) is 7.05 Å². The van der Waals surface area contributed by atoms with Crippen LogP contribution >= 0.6 is 11.8 Å². The number of aromatic nitrogens is 5. The Labute approximate surface area is 170 Å². The van der Waals surface area contributed by atoms with Gasteiger partial charge in [-0.2, -0.15) is 5.10 Å². The number of benzene rings is 2. The highest BCUT2D eigenvalue weighted by molar-refractivity contribution is 7.99. The predicted octanol–water partition coefficient (Wildman–Crippen LogP) is 3.85. The first-order chi connectivity index (χ1) is 14.0. The van der Waals surface area contributed by atoms with Crippen LogP contribution in [0.2, 0.25) is 0 Å². The van der Waals surface area contributed by atoms with E-state index in [1.807, 2.05) is 35.9 Å². The van der Waals surface area contributed by atoms with Crippen LogP contribution in [0.15, 0.2) is 71.1 Å². The highest BCUT2D eigenvalue weighted by Gasteiger charge is 2.17. The third-order valence-corrected chi connectivity index (χ3v) is 5.39. The quantitative estimate of drug-likeness (QED) is 0.543. The summed E-state index contributed by atoms with van der Waals surface area (Å²) < 4.78 is 17.3. The number of nitrogens with one attached hydrogen (secondary N) is 1. The molecule has 0 spiro atoms.